The van der Waals surface area contributed by atoms with E-state index < -0.39 is 36.8 Å². The minimum absolute atomic E-state index is 0.0685. The fourth-order valence-electron chi connectivity index (χ4n) is 8.98. The molecule has 17 nitrogen and oxygen atoms in total. The average Bonchev–Trinajstić information content (AvgIpc) is 3.58. The maximum Gasteiger partial charge on any atom is 0.263 e. The van der Waals surface area contributed by atoms with Crippen LogP contribution in [0.25, 0.3) is 0 Å². The van der Waals surface area contributed by atoms with Gasteiger partial charge in [0.05, 0.1) is 48.8 Å². The van der Waals surface area contributed by atoms with Gasteiger partial charge in [0.25, 0.3) is 11.8 Å². The first kappa shape index (κ1) is 48.0. The van der Waals surface area contributed by atoms with Crippen LogP contribution < -0.4 is 30.9 Å². The molecule has 67 heavy (non-hydrogen) atoms. The number of anilines is 5. The zero-order valence-electron chi connectivity index (χ0n) is 37.8. The number of carbonyl (C=O) groups excluding carboxylic acids is 5. The third kappa shape index (κ3) is 11.1. The van der Waals surface area contributed by atoms with Gasteiger partial charge in [0.15, 0.2) is 5.82 Å². The molecule has 3 aromatic carbocycles. The lowest BCUT2D eigenvalue weighted by Crippen LogP contribution is -2.54. The van der Waals surface area contributed by atoms with Gasteiger partial charge in [-0.3, -0.25) is 39.1 Å². The number of amides is 5. The smallest absolute Gasteiger partial charge is 0.263 e. The Morgan fingerprint density at radius 3 is 2.43 bits per heavy atom. The highest BCUT2D eigenvalue weighted by Gasteiger charge is 2.45. The van der Waals surface area contributed by atoms with E-state index in [9.17, 15) is 28.5 Å². The Labute approximate surface area is 399 Å². The number of hydrogen-bond acceptors (Lipinski definition) is 15. The summed E-state index contributed by atoms with van der Waals surface area (Å²) in [4.78, 5) is 81.1. The van der Waals surface area contributed by atoms with E-state index in [4.69, 9.17) is 21.1 Å². The normalized spacial score (nSPS) is 18.3. The van der Waals surface area contributed by atoms with E-state index in [2.05, 4.69) is 41.8 Å². The molecule has 4 aliphatic heterocycles. The van der Waals surface area contributed by atoms with E-state index in [-0.39, 0.29) is 24.3 Å². The predicted molar refractivity (Wildman–Crippen MR) is 259 cm³/mol. The molecule has 4 aromatic rings. The quantitative estimate of drug-likeness (QED) is 0.0484. The van der Waals surface area contributed by atoms with Gasteiger partial charge in [-0.25, -0.2) is 4.98 Å². The highest BCUT2D eigenvalue weighted by atomic mass is 35.5. The number of ether oxygens (including phenoxy) is 2. The second kappa shape index (κ2) is 21.2. The van der Waals surface area contributed by atoms with Crippen LogP contribution in [0.5, 0.6) is 5.75 Å². The highest BCUT2D eigenvalue weighted by molar-refractivity contribution is 7.99. The predicted octanol–water partition coefficient (Wildman–Crippen LogP) is 5.98. The van der Waals surface area contributed by atoms with Gasteiger partial charge < -0.3 is 34.5 Å². The Morgan fingerprint density at radius 1 is 0.910 bits per heavy atom. The molecule has 0 bridgehead atoms. The second-order valence-electron chi connectivity index (χ2n) is 17.2. The summed E-state index contributed by atoms with van der Waals surface area (Å²) < 4.78 is 24.5. The average molecular weight is 973 g/mol. The number of piperazine rings is 1. The van der Waals surface area contributed by atoms with Crippen LogP contribution in [-0.4, -0.2) is 145 Å². The van der Waals surface area contributed by atoms with E-state index in [0.717, 1.165) is 49.6 Å². The van der Waals surface area contributed by atoms with Gasteiger partial charge in [-0.1, -0.05) is 29.8 Å². The molecule has 1 unspecified atom stereocenters. The molecule has 8 rings (SSSR count). The third-order valence-corrected chi connectivity index (χ3v) is 15.5. The number of benzene rings is 3. The summed E-state index contributed by atoms with van der Waals surface area (Å²) in [5.74, 6) is -0.00894. The van der Waals surface area contributed by atoms with Crippen LogP contribution in [0.4, 0.5) is 28.8 Å². The van der Waals surface area contributed by atoms with Crippen LogP contribution in [-0.2, 0) is 23.7 Å². The summed E-state index contributed by atoms with van der Waals surface area (Å²) in [7, 11) is -0.931. The van der Waals surface area contributed by atoms with Crippen molar-refractivity contribution in [3.63, 3.8) is 0 Å². The Hall–Kier alpha value is -5.52. The topological polar surface area (TPSA) is 196 Å². The molecule has 5 amide bonds. The SMILES string of the molecule is COc1cc(N2CCC(N3CCN(C(=O)CCOCCCSc4cccc5c4C(=O)N(C4CCC(=O)NC4=O)C5=O)CC3)CC2)ccc1Nc1ncc(Cl)c(Nc2ccccc2P(C)(C)=O)n1. The molecule has 0 aliphatic carbocycles. The lowest BCUT2D eigenvalue weighted by molar-refractivity contribution is -0.136. The van der Waals surface area contributed by atoms with Crippen molar-refractivity contribution >= 4 is 94.2 Å². The zero-order chi connectivity index (χ0) is 47.2. The number of aromatic nitrogens is 2. The molecule has 0 radical (unpaired) electrons. The Kier molecular flexibility index (Phi) is 15.2. The lowest BCUT2D eigenvalue weighted by atomic mass is 10.0. The number of fused-ring (bicyclic) bond motifs is 1. The molecular formula is C47H55ClN9O8PS. The third-order valence-electron chi connectivity index (χ3n) is 12.5. The fraction of sp³-hybridized carbons (Fsp3) is 0.426. The Morgan fingerprint density at radius 2 is 1.69 bits per heavy atom. The van der Waals surface area contributed by atoms with Gasteiger partial charge in [0.1, 0.15) is 24.0 Å². The molecule has 3 fully saturated rings. The molecule has 0 spiro atoms. The summed E-state index contributed by atoms with van der Waals surface area (Å²) in [5, 5.41) is 9.76. The van der Waals surface area contributed by atoms with Crippen molar-refractivity contribution in [2.45, 2.75) is 55.5 Å². The van der Waals surface area contributed by atoms with Crippen LogP contribution in [0, 0.1) is 0 Å². The van der Waals surface area contributed by atoms with Gasteiger partial charge in [-0.15, -0.1) is 11.8 Å². The van der Waals surface area contributed by atoms with E-state index >= 15 is 0 Å². The molecule has 4 aliphatic rings. The van der Waals surface area contributed by atoms with Crippen molar-refractivity contribution in [3.8, 4) is 5.75 Å². The summed E-state index contributed by atoms with van der Waals surface area (Å²) in [6, 6.07) is 18.0. The number of carbonyl (C=O) groups is 5. The molecule has 5 heterocycles. The van der Waals surface area contributed by atoms with Crippen LogP contribution in [0.15, 0.2) is 71.8 Å². The zero-order valence-corrected chi connectivity index (χ0v) is 40.3. The molecule has 1 atom stereocenters. The Bertz CT molecular complexity index is 2580. The summed E-state index contributed by atoms with van der Waals surface area (Å²) in [5.41, 5.74) is 2.99. The summed E-state index contributed by atoms with van der Waals surface area (Å²) >= 11 is 7.92. The van der Waals surface area contributed by atoms with Gasteiger partial charge in [0.2, 0.25) is 23.7 Å². The first-order chi connectivity index (χ1) is 32.3. The molecular weight excluding hydrogens is 917 g/mol. The maximum absolute atomic E-state index is 13.4. The number of halogens is 1. The van der Waals surface area contributed by atoms with Crippen LogP contribution >= 0.6 is 30.5 Å². The second-order valence-corrected chi connectivity index (χ2v) is 21.9. The number of hydrogen-bond donors (Lipinski definition) is 3. The van der Waals surface area contributed by atoms with Crippen molar-refractivity contribution in [3.05, 3.63) is 83.0 Å². The Balaban J connectivity index is 0.735. The van der Waals surface area contributed by atoms with Gasteiger partial charge in [-0.05, 0) is 75.4 Å². The maximum atomic E-state index is 13.4. The first-order valence-electron chi connectivity index (χ1n) is 22.5. The largest absolute Gasteiger partial charge is 0.494 e. The molecule has 3 N–H and O–H groups in total. The minimum atomic E-state index is -2.56. The highest BCUT2D eigenvalue weighted by Crippen LogP contribution is 2.40. The van der Waals surface area contributed by atoms with E-state index in [0.29, 0.717) is 101 Å². The number of thioether (sulfide) groups is 1. The number of methoxy groups -OCH3 is 1. The number of para-hydroxylation sites is 1. The standard InChI is InChI=1S/C47H55ClN9O8PS/c1-64-37-28-31(12-13-34(37)51-47-49-29-33(48)43(53-47)50-35-9-4-5-10-38(35)66(2,3)63)54-19-16-30(17-20-54)55-21-23-56(24-22-55)41(59)18-26-65-25-7-27-67-39-11-6-8-32-42(39)46(62)57(45(32)61)36-14-15-40(58)52-44(36)60/h4-6,8-13,28-30,36H,7,14-27H2,1-3H3,(H,52,58,60)(H2,49,50,51,53). The van der Waals surface area contributed by atoms with Crippen molar-refractivity contribution < 1.29 is 38.0 Å². The lowest BCUT2D eigenvalue weighted by Gasteiger charge is -2.43. The number of nitrogens with zero attached hydrogens (tertiary/aromatic N) is 6. The minimum Gasteiger partial charge on any atom is -0.494 e. The van der Waals surface area contributed by atoms with Crippen molar-refractivity contribution in [2.24, 2.45) is 0 Å². The monoisotopic (exact) mass is 971 g/mol. The molecule has 1 aromatic heterocycles. The van der Waals surface area contributed by atoms with Crippen molar-refractivity contribution in [1.82, 2.24) is 30.0 Å². The van der Waals surface area contributed by atoms with Crippen LogP contribution in [0.3, 0.4) is 0 Å². The van der Waals surface area contributed by atoms with Crippen LogP contribution in [0.1, 0.15) is 59.2 Å². The van der Waals surface area contributed by atoms with Crippen molar-refractivity contribution in [2.75, 3.05) is 94.2 Å². The van der Waals surface area contributed by atoms with E-state index in [1.165, 1.54) is 18.0 Å². The van der Waals surface area contributed by atoms with E-state index in [1.807, 2.05) is 41.3 Å². The first-order valence-corrected chi connectivity index (χ1v) is 26.5. The van der Waals surface area contributed by atoms with Gasteiger partial charge >= 0.3 is 0 Å². The molecule has 3 saturated heterocycles. The summed E-state index contributed by atoms with van der Waals surface area (Å²) in [6.07, 6.45) is 4.70. The van der Waals surface area contributed by atoms with Gasteiger partial charge in [0, 0.05) is 86.0 Å². The van der Waals surface area contributed by atoms with Crippen LogP contribution in [0.2, 0.25) is 5.02 Å². The number of nitrogens with one attached hydrogen (secondary N) is 3. The molecule has 0 saturated carbocycles. The molecule has 20 heteroatoms. The number of imide groups is 2. The summed E-state index contributed by atoms with van der Waals surface area (Å²) in [6.45, 7) is 9.05. The number of piperidine rings is 2. The van der Waals surface area contributed by atoms with E-state index in [1.54, 1.807) is 38.6 Å². The molecule has 354 valence electrons. The van der Waals surface area contributed by atoms with Gasteiger partial charge in [-0.2, -0.15) is 4.98 Å². The van der Waals surface area contributed by atoms with Crippen molar-refractivity contribution in [1.29, 1.82) is 0 Å². The fourth-order valence-corrected chi connectivity index (χ4v) is 11.3. The number of rotatable bonds is 17.